The normalized spacial score (nSPS) is 14.4. The van der Waals surface area contributed by atoms with Gasteiger partial charge in [0.2, 0.25) is 5.91 Å². The van der Waals surface area contributed by atoms with Crippen LogP contribution in [-0.2, 0) is 28.6 Å². The summed E-state index contributed by atoms with van der Waals surface area (Å²) in [5.74, 6) is -2.21. The van der Waals surface area contributed by atoms with E-state index in [0.717, 1.165) is 7.11 Å². The van der Waals surface area contributed by atoms with Crippen LogP contribution in [0, 0.1) is 0 Å². The molecule has 0 fully saturated rings. The molecule has 10 nitrogen and oxygen atoms in total. The highest BCUT2D eigenvalue weighted by Gasteiger charge is 2.31. The summed E-state index contributed by atoms with van der Waals surface area (Å²) in [4.78, 5) is 47.3. The highest BCUT2D eigenvalue weighted by atomic mass is 16.6. The summed E-state index contributed by atoms with van der Waals surface area (Å²) in [6.45, 7) is 6.25. The molecule has 0 aromatic carbocycles. The minimum atomic E-state index is -1.33. The molecular formula is C16H28N2O8. The number of amides is 2. The number of methoxy groups -OCH3 is 2. The molecule has 0 radical (unpaired) electrons. The Balaban J connectivity index is 5.16. The van der Waals surface area contributed by atoms with Crippen LogP contribution in [0.2, 0.25) is 0 Å². The monoisotopic (exact) mass is 376 g/mol. The minimum absolute atomic E-state index is 0.0918. The topological polar surface area (TPSA) is 140 Å². The van der Waals surface area contributed by atoms with Gasteiger partial charge in [-0.2, -0.15) is 0 Å². The number of aliphatic hydroxyl groups is 1. The van der Waals surface area contributed by atoms with Gasteiger partial charge < -0.3 is 30.0 Å². The van der Waals surface area contributed by atoms with Gasteiger partial charge in [0.1, 0.15) is 11.6 Å². The number of esters is 2. The summed E-state index contributed by atoms with van der Waals surface area (Å²) in [6, 6.07) is -2.51. The van der Waals surface area contributed by atoms with Gasteiger partial charge in [-0.15, -0.1) is 0 Å². The van der Waals surface area contributed by atoms with Crippen molar-refractivity contribution in [1.82, 2.24) is 10.6 Å². The average Bonchev–Trinajstić information content (AvgIpc) is 2.52. The molecule has 26 heavy (non-hydrogen) atoms. The maximum Gasteiger partial charge on any atom is 0.408 e. The van der Waals surface area contributed by atoms with E-state index in [1.807, 2.05) is 0 Å². The molecule has 2 amide bonds. The van der Waals surface area contributed by atoms with E-state index in [2.05, 4.69) is 20.1 Å². The Morgan fingerprint density at radius 3 is 2.04 bits per heavy atom. The van der Waals surface area contributed by atoms with E-state index in [4.69, 9.17) is 4.74 Å². The maximum atomic E-state index is 12.4. The zero-order chi connectivity index (χ0) is 20.5. The van der Waals surface area contributed by atoms with Crippen molar-refractivity contribution in [3.63, 3.8) is 0 Å². The molecule has 3 unspecified atom stereocenters. The lowest BCUT2D eigenvalue weighted by atomic mass is 10.1. The molecule has 0 rings (SSSR count). The lowest BCUT2D eigenvalue weighted by Gasteiger charge is -2.25. The van der Waals surface area contributed by atoms with Crippen LogP contribution in [0.1, 0.15) is 40.5 Å². The second-order valence-corrected chi connectivity index (χ2v) is 6.56. The first-order valence-corrected chi connectivity index (χ1v) is 8.03. The van der Waals surface area contributed by atoms with Crippen molar-refractivity contribution in [3.8, 4) is 0 Å². The molecule has 3 atom stereocenters. The fourth-order valence-electron chi connectivity index (χ4n) is 1.84. The van der Waals surface area contributed by atoms with E-state index >= 15 is 0 Å². The number of carbonyl (C=O) groups is 4. The van der Waals surface area contributed by atoms with Crippen LogP contribution in [0.25, 0.3) is 0 Å². The van der Waals surface area contributed by atoms with E-state index in [-0.39, 0.29) is 12.8 Å². The Kier molecular flexibility index (Phi) is 9.63. The Labute approximate surface area is 152 Å². The summed E-state index contributed by atoms with van der Waals surface area (Å²) < 4.78 is 14.1. The van der Waals surface area contributed by atoms with Crippen molar-refractivity contribution in [2.75, 3.05) is 14.2 Å². The lowest BCUT2D eigenvalue weighted by molar-refractivity contribution is -0.148. The Bertz CT molecular complexity index is 513. The summed E-state index contributed by atoms with van der Waals surface area (Å²) in [6.07, 6.45) is -2.34. The van der Waals surface area contributed by atoms with Crippen molar-refractivity contribution in [1.29, 1.82) is 0 Å². The van der Waals surface area contributed by atoms with Crippen LogP contribution in [0.5, 0.6) is 0 Å². The minimum Gasteiger partial charge on any atom is -0.469 e. The van der Waals surface area contributed by atoms with E-state index < -0.39 is 47.7 Å². The van der Waals surface area contributed by atoms with Crippen LogP contribution in [0.15, 0.2) is 0 Å². The van der Waals surface area contributed by atoms with Crippen molar-refractivity contribution in [2.45, 2.75) is 64.3 Å². The van der Waals surface area contributed by atoms with Gasteiger partial charge in [0, 0.05) is 6.42 Å². The third-order valence-electron chi connectivity index (χ3n) is 3.11. The summed E-state index contributed by atoms with van der Waals surface area (Å²) in [5, 5.41) is 14.3. The molecule has 0 spiro atoms. The first-order valence-electron chi connectivity index (χ1n) is 8.03. The van der Waals surface area contributed by atoms with Crippen LogP contribution >= 0.6 is 0 Å². The molecule has 0 aromatic heterocycles. The first-order chi connectivity index (χ1) is 11.9. The third kappa shape index (κ3) is 9.21. The lowest BCUT2D eigenvalue weighted by Crippen LogP contribution is -2.55. The molecule has 0 saturated carbocycles. The van der Waals surface area contributed by atoms with Gasteiger partial charge in [-0.1, -0.05) is 0 Å². The van der Waals surface area contributed by atoms with Crippen molar-refractivity contribution in [3.05, 3.63) is 0 Å². The van der Waals surface area contributed by atoms with Gasteiger partial charge in [0.15, 0.2) is 6.04 Å². The second kappa shape index (κ2) is 10.6. The molecule has 10 heteroatoms. The van der Waals surface area contributed by atoms with E-state index in [9.17, 15) is 24.3 Å². The fourth-order valence-corrected chi connectivity index (χ4v) is 1.84. The first kappa shape index (κ1) is 23.6. The molecule has 0 aliphatic heterocycles. The number of rotatable bonds is 8. The molecule has 150 valence electrons. The van der Waals surface area contributed by atoms with E-state index in [0.29, 0.717) is 0 Å². The van der Waals surface area contributed by atoms with Gasteiger partial charge in [0.25, 0.3) is 0 Å². The van der Waals surface area contributed by atoms with E-state index in [1.54, 1.807) is 20.8 Å². The molecule has 0 heterocycles. The summed E-state index contributed by atoms with van der Waals surface area (Å²) >= 11 is 0. The number of hydrogen-bond donors (Lipinski definition) is 3. The van der Waals surface area contributed by atoms with Crippen LogP contribution in [0.4, 0.5) is 4.79 Å². The number of ether oxygens (including phenoxy) is 3. The van der Waals surface area contributed by atoms with E-state index in [1.165, 1.54) is 14.0 Å². The van der Waals surface area contributed by atoms with Gasteiger partial charge in [-0.05, 0) is 34.1 Å². The standard InChI is InChI=1S/C16H28N2O8/c1-9(19)12(14(22)25-6)18-13(21)10(7-8-11(20)24-5)17-15(23)26-16(2,3)4/h9-10,12,19H,7-8H2,1-6H3,(H,17,23)(H,18,21). The zero-order valence-corrected chi connectivity index (χ0v) is 16.0. The Hall–Kier alpha value is -2.36. The second-order valence-electron chi connectivity index (χ2n) is 6.56. The predicted octanol–water partition coefficient (Wildman–Crippen LogP) is -0.128. The molecule has 0 aliphatic rings. The average molecular weight is 376 g/mol. The Morgan fingerprint density at radius 2 is 1.62 bits per heavy atom. The third-order valence-corrected chi connectivity index (χ3v) is 3.11. The number of nitrogens with one attached hydrogen (secondary N) is 2. The van der Waals surface area contributed by atoms with Gasteiger partial charge in [-0.25, -0.2) is 9.59 Å². The van der Waals surface area contributed by atoms with Gasteiger partial charge in [0.05, 0.1) is 20.3 Å². The summed E-state index contributed by atoms with van der Waals surface area (Å²) in [7, 11) is 2.30. The quantitative estimate of drug-likeness (QED) is 0.393. The zero-order valence-electron chi connectivity index (χ0n) is 16.0. The SMILES string of the molecule is COC(=O)CCC(NC(=O)OC(C)(C)C)C(=O)NC(C(=O)OC)C(C)O. The maximum absolute atomic E-state index is 12.4. The van der Waals surface area contributed by atoms with Crippen molar-refractivity contribution >= 4 is 23.9 Å². The summed E-state index contributed by atoms with van der Waals surface area (Å²) in [5.41, 5.74) is -0.790. The van der Waals surface area contributed by atoms with Crippen molar-refractivity contribution < 1.29 is 38.5 Å². The van der Waals surface area contributed by atoms with Crippen LogP contribution < -0.4 is 10.6 Å². The smallest absolute Gasteiger partial charge is 0.408 e. The highest BCUT2D eigenvalue weighted by molar-refractivity contribution is 5.90. The van der Waals surface area contributed by atoms with Crippen LogP contribution in [-0.4, -0.2) is 67.1 Å². The number of carbonyl (C=O) groups excluding carboxylic acids is 4. The largest absolute Gasteiger partial charge is 0.469 e. The van der Waals surface area contributed by atoms with Gasteiger partial charge in [-0.3, -0.25) is 9.59 Å². The molecular weight excluding hydrogens is 348 g/mol. The molecule has 0 bridgehead atoms. The van der Waals surface area contributed by atoms with Crippen molar-refractivity contribution in [2.24, 2.45) is 0 Å². The number of alkyl carbamates (subject to hydrolysis) is 1. The highest BCUT2D eigenvalue weighted by Crippen LogP contribution is 2.08. The molecule has 0 aromatic rings. The van der Waals surface area contributed by atoms with Crippen LogP contribution in [0.3, 0.4) is 0 Å². The Morgan fingerprint density at radius 1 is 1.04 bits per heavy atom. The van der Waals surface area contributed by atoms with Gasteiger partial charge >= 0.3 is 18.0 Å². The molecule has 3 N–H and O–H groups in total. The number of hydrogen-bond acceptors (Lipinski definition) is 8. The number of aliphatic hydroxyl groups excluding tert-OH is 1. The predicted molar refractivity (Wildman–Crippen MR) is 90.0 cm³/mol. The fraction of sp³-hybridized carbons (Fsp3) is 0.750. The molecule has 0 aliphatic carbocycles. The molecule has 0 saturated heterocycles.